The molecule has 636 valence electrons. The fraction of sp³-hybridized carbons (Fsp3) is 0.500. The van der Waals surface area contributed by atoms with Crippen LogP contribution in [-0.4, -0.2) is 134 Å². The van der Waals surface area contributed by atoms with Crippen LogP contribution in [0.1, 0.15) is 268 Å². The van der Waals surface area contributed by atoms with E-state index in [9.17, 15) is 91.3 Å². The minimum absolute atomic E-state index is 0. The molecule has 6 aromatic carbocycles. The number of aromatic hydroxyl groups is 6. The van der Waals surface area contributed by atoms with Crippen molar-refractivity contribution in [3.05, 3.63) is 200 Å². The van der Waals surface area contributed by atoms with Gasteiger partial charge in [0, 0.05) is 177 Å². The van der Waals surface area contributed by atoms with E-state index in [1.54, 1.807) is 0 Å². The van der Waals surface area contributed by atoms with E-state index in [0.717, 1.165) is 77.0 Å². The van der Waals surface area contributed by atoms with Gasteiger partial charge in [0.1, 0.15) is 34.5 Å². The molecule has 0 saturated heterocycles. The molecule has 0 aliphatic heterocycles. The minimum Gasteiger partial charge on any atom is -0.507 e. The Hall–Kier alpha value is -9.43. The zero-order valence-electron chi connectivity index (χ0n) is 69.6. The molecule has 6 N–H and O–H groups in total. The van der Waals surface area contributed by atoms with Gasteiger partial charge in [-0.3, -0.25) is 90.6 Å². The third-order valence-electron chi connectivity index (χ3n) is 20.4. The summed E-state index contributed by atoms with van der Waals surface area (Å²) in [7, 11) is 0. The van der Waals surface area contributed by atoms with E-state index < -0.39 is 62.0 Å². The molecule has 118 heavy (non-hydrogen) atoms. The smallest absolute Gasteiger partial charge is 0.507 e. The van der Waals surface area contributed by atoms with E-state index in [2.05, 4.69) is 30.0 Å². The molecule has 34 heteroatoms. The molecular formula is C84H108Co4N12O18+12. The van der Waals surface area contributed by atoms with Crippen molar-refractivity contribution in [3.63, 3.8) is 0 Å². The van der Waals surface area contributed by atoms with Gasteiger partial charge < -0.3 is 30.6 Å². The van der Waals surface area contributed by atoms with Crippen LogP contribution >= 0.6 is 0 Å². The van der Waals surface area contributed by atoms with Crippen LogP contribution in [0.25, 0.3) is 0 Å². The van der Waals surface area contributed by atoms with Crippen molar-refractivity contribution < 1.29 is 127 Å². The van der Waals surface area contributed by atoms with Crippen molar-refractivity contribution >= 4 is 71.4 Å². The van der Waals surface area contributed by atoms with E-state index in [1.807, 2.05) is 125 Å². The topological polar surface area (TPSA) is 454 Å². The molecule has 9 rings (SSSR count). The number of nitro benzene ring substituents is 6. The van der Waals surface area contributed by atoms with Crippen molar-refractivity contribution in [3.8, 4) is 34.5 Å². The number of hydrogen-bond acceptors (Lipinski definition) is 24. The quantitative estimate of drug-likeness (QED) is 0.0264. The summed E-state index contributed by atoms with van der Waals surface area (Å²) in [5.74, 6) is -0.256. The zero-order chi connectivity index (χ0) is 85.2. The fourth-order valence-electron chi connectivity index (χ4n) is 13.9. The number of hydrogen-bond donors (Lipinski definition) is 6. The summed E-state index contributed by atoms with van der Waals surface area (Å²) in [5, 5.41) is 134. The number of aliphatic imine (C=N–C) groups is 6. The van der Waals surface area contributed by atoms with Gasteiger partial charge in [0.05, 0.1) is 65.8 Å². The van der Waals surface area contributed by atoms with Crippen LogP contribution in [0.5, 0.6) is 34.5 Å². The van der Waals surface area contributed by atoms with Gasteiger partial charge in [-0.2, -0.15) is 0 Å². The molecule has 3 saturated carbocycles. The van der Waals surface area contributed by atoms with Gasteiger partial charge >= 0.3 is 67.1 Å². The van der Waals surface area contributed by atoms with Crippen LogP contribution in [0.2, 0.25) is 0 Å². The first-order valence-corrected chi connectivity index (χ1v) is 38.1. The van der Waals surface area contributed by atoms with Gasteiger partial charge in [-0.25, -0.2) is 0 Å². The van der Waals surface area contributed by atoms with E-state index >= 15 is 0 Å². The van der Waals surface area contributed by atoms with E-state index in [-0.39, 0.29) is 205 Å². The van der Waals surface area contributed by atoms with Crippen LogP contribution < -0.4 is 0 Å². The molecule has 0 spiro atoms. The summed E-state index contributed by atoms with van der Waals surface area (Å²) in [4.78, 5) is 94.0. The molecule has 0 aromatic heterocycles. The second-order valence-electron chi connectivity index (χ2n) is 35.6. The normalized spacial score (nSPS) is 18.2. The SMILES string of the molecule is CC(C)(C)c1cc([N+](=O)[O-])cc(C=NC2CCCCC2N=Cc2cc([N+](=O)[O-])cc(C(C)(C)C)c2O)c1O.CC(C)(C)c1cc([N+](=O)[O-])cc(C=NC2CCCCC2N=Cc2cc([N+](=O)[O-])cc(C(C)(C)C)c2O)c1O.CC(C)(C)c1cc([N+](=O)[O-])cc(C=NC2CCCCC2N=Cc2cc([N+](=O)[O-])cc(C(C)(C)C)c2O)c1O.[Co+3].[Co+3].[Co+3].[Co+3]. The van der Waals surface area contributed by atoms with Crippen molar-refractivity contribution in [1.29, 1.82) is 0 Å². The van der Waals surface area contributed by atoms with E-state index in [1.165, 1.54) is 110 Å². The molecule has 0 amide bonds. The first-order chi connectivity index (χ1) is 52.8. The Bertz CT molecular complexity index is 4060. The van der Waals surface area contributed by atoms with E-state index in [0.29, 0.717) is 33.4 Å². The predicted molar refractivity (Wildman–Crippen MR) is 444 cm³/mol. The largest absolute Gasteiger partial charge is 3.00 e. The third-order valence-corrected chi connectivity index (χ3v) is 20.4. The van der Waals surface area contributed by atoms with Gasteiger partial charge in [0.2, 0.25) is 0 Å². The Morgan fingerprint density at radius 1 is 0.246 bits per heavy atom. The summed E-state index contributed by atoms with van der Waals surface area (Å²) < 4.78 is 0. The fourth-order valence-corrected chi connectivity index (χ4v) is 13.9. The summed E-state index contributed by atoms with van der Waals surface area (Å²) in [6.45, 7) is 33.6. The maximum atomic E-state index is 11.5. The molecule has 3 aliphatic carbocycles. The Balaban J connectivity index is 0.000000450. The molecule has 6 atom stereocenters. The van der Waals surface area contributed by atoms with Gasteiger partial charge in [-0.15, -0.1) is 0 Å². The van der Waals surface area contributed by atoms with Crippen LogP contribution in [-0.2, 0) is 99.6 Å². The first kappa shape index (κ1) is 103. The Kier molecular flexibility index (Phi) is 36.6. The number of benzene rings is 6. The molecular weight excluding hydrogens is 1700 g/mol. The molecule has 3 aliphatic rings. The van der Waals surface area contributed by atoms with Gasteiger partial charge in [0.15, 0.2) is 0 Å². The molecule has 0 bridgehead atoms. The predicted octanol–water partition coefficient (Wildman–Crippen LogP) is 19.1. The second-order valence-corrected chi connectivity index (χ2v) is 35.6. The minimum atomic E-state index is -0.511. The van der Waals surface area contributed by atoms with Gasteiger partial charge in [-0.05, 0) is 71.0 Å². The third kappa shape index (κ3) is 27.0. The van der Waals surface area contributed by atoms with Crippen LogP contribution in [0, 0.1) is 60.7 Å². The van der Waals surface area contributed by atoms with Crippen molar-refractivity contribution in [2.45, 2.75) is 270 Å². The monoisotopic (exact) mass is 1810 g/mol. The number of rotatable bonds is 18. The van der Waals surface area contributed by atoms with E-state index in [4.69, 9.17) is 0 Å². The van der Waals surface area contributed by atoms with Gasteiger partial charge in [0.25, 0.3) is 34.1 Å². The number of phenols is 6. The van der Waals surface area contributed by atoms with Crippen molar-refractivity contribution in [2.75, 3.05) is 0 Å². The zero-order valence-corrected chi connectivity index (χ0v) is 73.8. The van der Waals surface area contributed by atoms with Crippen molar-refractivity contribution in [1.82, 2.24) is 0 Å². The molecule has 30 nitrogen and oxygen atoms in total. The number of nitrogens with zero attached hydrogens (tertiary/aromatic N) is 12. The average Bonchev–Trinajstić information content (AvgIpc) is 0.821. The molecule has 3 fully saturated rings. The first-order valence-electron chi connectivity index (χ1n) is 38.1. The van der Waals surface area contributed by atoms with Crippen LogP contribution in [0.15, 0.2) is 103 Å². The maximum absolute atomic E-state index is 11.5. The number of nitro groups is 6. The molecule has 6 unspecified atom stereocenters. The molecule has 0 heterocycles. The summed E-state index contributed by atoms with van der Waals surface area (Å²) in [5.41, 5.74) is 0.565. The maximum Gasteiger partial charge on any atom is 3.00 e. The number of non-ortho nitro benzene ring substituents is 6. The average molecular weight is 1810 g/mol. The number of phenolic OH excluding ortho intramolecular Hbond substituents is 6. The Morgan fingerprint density at radius 3 is 0.449 bits per heavy atom. The Morgan fingerprint density at radius 2 is 0.356 bits per heavy atom. The summed E-state index contributed by atoms with van der Waals surface area (Å²) in [6.07, 6.45) is 18.8. The molecule has 0 radical (unpaired) electrons. The van der Waals surface area contributed by atoms with Gasteiger partial charge in [-0.1, -0.05) is 163 Å². The Labute approximate surface area is 729 Å². The molecule has 6 aromatic rings. The standard InChI is InChI=1S/3C28H36N4O6.4Co/c3*1-27(2,3)21-13-19(31(35)36)11-17(25(21)33)15-29-23-9-7-8-10-24(23)30-16-18-12-20(32(37)38)14-22(26(18)34)28(4,5)6;;;;/h3*11-16,23-24,33-34H,7-10H2,1-6H3;;;;/q;;;4*+3. The summed E-state index contributed by atoms with van der Waals surface area (Å²) in [6, 6.07) is 14.7. The second kappa shape index (κ2) is 42.0. The van der Waals surface area contributed by atoms with Crippen LogP contribution in [0.3, 0.4) is 0 Å². The van der Waals surface area contributed by atoms with Crippen molar-refractivity contribution in [2.24, 2.45) is 30.0 Å². The van der Waals surface area contributed by atoms with Crippen LogP contribution in [0.4, 0.5) is 34.1 Å². The summed E-state index contributed by atoms with van der Waals surface area (Å²) >= 11 is 0.